The van der Waals surface area contributed by atoms with Crippen LogP contribution in [-0.4, -0.2) is 24.5 Å². The fourth-order valence-electron chi connectivity index (χ4n) is 0.872. The van der Waals surface area contributed by atoms with Gasteiger partial charge in [-0.3, -0.25) is 4.79 Å². The minimum atomic E-state index is -5.02. The maximum Gasteiger partial charge on any atom is 0.490 e. The van der Waals surface area contributed by atoms with Crippen LogP contribution in [0, 0.1) is 0 Å². The Morgan fingerprint density at radius 2 is 1.80 bits per heavy atom. The van der Waals surface area contributed by atoms with Crippen molar-refractivity contribution in [2.45, 2.75) is 38.8 Å². The number of ketones is 1. The zero-order chi connectivity index (χ0) is 11.9. The van der Waals surface area contributed by atoms with E-state index in [0.717, 1.165) is 12.8 Å². The lowest BCUT2D eigenvalue weighted by atomic mass is 10.1. The van der Waals surface area contributed by atoms with Gasteiger partial charge in [0.15, 0.2) is 5.78 Å². The summed E-state index contributed by atoms with van der Waals surface area (Å²) in [7, 11) is 0. The predicted molar refractivity (Wildman–Crippen MR) is 46.2 cm³/mol. The van der Waals surface area contributed by atoms with Crippen molar-refractivity contribution in [1.82, 2.24) is 0 Å². The zero-order valence-electron chi connectivity index (χ0n) is 8.39. The van der Waals surface area contributed by atoms with E-state index < -0.39 is 24.5 Å². The Kier molecular flexibility index (Phi) is 5.96. The van der Waals surface area contributed by atoms with Crippen LogP contribution < -0.4 is 0 Å². The average Bonchev–Trinajstić information content (AvgIpc) is 2.13. The minimum Gasteiger partial charge on any atom is -0.451 e. The van der Waals surface area contributed by atoms with Gasteiger partial charge in [0.2, 0.25) is 0 Å². The Bertz CT molecular complexity index is 223. The van der Waals surface area contributed by atoms with Crippen LogP contribution in [0.3, 0.4) is 0 Å². The van der Waals surface area contributed by atoms with E-state index in [-0.39, 0.29) is 6.42 Å². The Morgan fingerprint density at radius 1 is 1.20 bits per heavy atom. The number of ether oxygens (including phenoxy) is 1. The minimum absolute atomic E-state index is 0.152. The van der Waals surface area contributed by atoms with Crippen molar-refractivity contribution in [3.63, 3.8) is 0 Å². The van der Waals surface area contributed by atoms with E-state index in [0.29, 0.717) is 6.42 Å². The topological polar surface area (TPSA) is 43.4 Å². The molecule has 0 aromatic carbocycles. The number of hydrogen-bond acceptors (Lipinski definition) is 3. The largest absolute Gasteiger partial charge is 0.490 e. The van der Waals surface area contributed by atoms with Crippen LogP contribution in [0.2, 0.25) is 0 Å². The van der Waals surface area contributed by atoms with Gasteiger partial charge in [-0.2, -0.15) is 13.2 Å². The molecule has 0 rings (SSSR count). The summed E-state index contributed by atoms with van der Waals surface area (Å²) in [6.07, 6.45) is -2.52. The van der Waals surface area contributed by atoms with E-state index in [1.165, 1.54) is 0 Å². The number of rotatable bonds is 6. The summed E-state index contributed by atoms with van der Waals surface area (Å²) in [4.78, 5) is 21.1. The molecule has 0 atom stereocenters. The van der Waals surface area contributed by atoms with Crippen molar-refractivity contribution in [1.29, 1.82) is 0 Å². The second-order valence-electron chi connectivity index (χ2n) is 3.07. The summed E-state index contributed by atoms with van der Waals surface area (Å²) >= 11 is 0. The van der Waals surface area contributed by atoms with Gasteiger partial charge in [-0.05, 0) is 6.42 Å². The smallest absolute Gasteiger partial charge is 0.451 e. The highest BCUT2D eigenvalue weighted by Gasteiger charge is 2.41. The van der Waals surface area contributed by atoms with Crippen molar-refractivity contribution in [3.8, 4) is 0 Å². The lowest BCUT2D eigenvalue weighted by molar-refractivity contribution is -0.199. The van der Waals surface area contributed by atoms with Crippen LogP contribution in [0.15, 0.2) is 0 Å². The molecular formula is C9H13F3O3. The van der Waals surface area contributed by atoms with Crippen LogP contribution in [0.25, 0.3) is 0 Å². The standard InChI is InChI=1S/C9H13F3O3/c1-2-3-4-5-7(13)6-15-8(14)9(10,11)12/h2-6H2,1H3. The molecule has 0 saturated carbocycles. The summed E-state index contributed by atoms with van der Waals surface area (Å²) in [6.45, 7) is 1.15. The quantitative estimate of drug-likeness (QED) is 0.515. The van der Waals surface area contributed by atoms with Crippen molar-refractivity contribution >= 4 is 11.8 Å². The van der Waals surface area contributed by atoms with E-state index in [4.69, 9.17) is 0 Å². The van der Waals surface area contributed by atoms with Crippen LogP contribution in [0.5, 0.6) is 0 Å². The molecule has 0 amide bonds. The predicted octanol–water partition coefficient (Wildman–Crippen LogP) is 2.24. The van der Waals surface area contributed by atoms with Gasteiger partial charge >= 0.3 is 12.1 Å². The molecule has 0 spiro atoms. The molecular weight excluding hydrogens is 213 g/mol. The summed E-state index contributed by atoms with van der Waals surface area (Å²) in [5.74, 6) is -2.80. The van der Waals surface area contributed by atoms with Crippen LogP contribution >= 0.6 is 0 Å². The second kappa shape index (κ2) is 6.42. The van der Waals surface area contributed by atoms with E-state index in [9.17, 15) is 22.8 Å². The van der Waals surface area contributed by atoms with Gasteiger partial charge < -0.3 is 4.74 Å². The molecule has 0 unspecified atom stereocenters. The van der Waals surface area contributed by atoms with E-state index in [1.807, 2.05) is 6.92 Å². The third-order valence-corrected chi connectivity index (χ3v) is 1.65. The Labute approximate surface area is 85.6 Å². The van der Waals surface area contributed by atoms with Crippen LogP contribution in [0.1, 0.15) is 32.6 Å². The Hall–Kier alpha value is -1.07. The molecule has 0 N–H and O–H groups in total. The molecule has 0 aliphatic heterocycles. The lowest BCUT2D eigenvalue weighted by Gasteiger charge is -2.06. The maximum absolute atomic E-state index is 11.6. The number of esters is 1. The number of Topliss-reactive ketones (excluding diaryl/α,β-unsaturated/α-hetero) is 1. The first-order valence-electron chi connectivity index (χ1n) is 4.63. The van der Waals surface area contributed by atoms with Crippen LogP contribution in [0.4, 0.5) is 13.2 Å². The molecule has 0 aromatic rings. The van der Waals surface area contributed by atoms with Crippen LogP contribution in [-0.2, 0) is 14.3 Å². The van der Waals surface area contributed by atoms with Crippen molar-refractivity contribution in [2.24, 2.45) is 0 Å². The summed E-state index contributed by atoms with van der Waals surface area (Å²) in [5, 5.41) is 0. The number of carbonyl (C=O) groups excluding carboxylic acids is 2. The molecule has 0 aromatic heterocycles. The molecule has 0 aliphatic carbocycles. The number of alkyl halides is 3. The molecule has 0 radical (unpaired) electrons. The molecule has 6 heteroatoms. The molecule has 15 heavy (non-hydrogen) atoms. The Balaban J connectivity index is 3.67. The van der Waals surface area contributed by atoms with Gasteiger partial charge in [0.25, 0.3) is 0 Å². The van der Waals surface area contributed by atoms with Gasteiger partial charge in [0, 0.05) is 6.42 Å². The van der Waals surface area contributed by atoms with Gasteiger partial charge in [-0.25, -0.2) is 4.79 Å². The molecule has 0 aliphatic rings. The number of hydrogen-bond donors (Lipinski definition) is 0. The first kappa shape index (κ1) is 13.9. The van der Waals surface area contributed by atoms with E-state index in [1.54, 1.807) is 0 Å². The first-order chi connectivity index (χ1) is 6.88. The second-order valence-corrected chi connectivity index (χ2v) is 3.07. The van der Waals surface area contributed by atoms with Gasteiger partial charge in [-0.15, -0.1) is 0 Å². The normalized spacial score (nSPS) is 11.2. The molecule has 0 saturated heterocycles. The maximum atomic E-state index is 11.6. The van der Waals surface area contributed by atoms with Crippen molar-refractivity contribution < 1.29 is 27.5 Å². The highest BCUT2D eigenvalue weighted by Crippen LogP contribution is 2.16. The zero-order valence-corrected chi connectivity index (χ0v) is 8.39. The van der Waals surface area contributed by atoms with Gasteiger partial charge in [-0.1, -0.05) is 19.8 Å². The fourth-order valence-corrected chi connectivity index (χ4v) is 0.872. The summed E-state index contributed by atoms with van der Waals surface area (Å²) in [6, 6.07) is 0. The summed E-state index contributed by atoms with van der Waals surface area (Å²) in [5.41, 5.74) is 0. The molecule has 0 heterocycles. The van der Waals surface area contributed by atoms with Gasteiger partial charge in [0.05, 0.1) is 0 Å². The molecule has 3 nitrogen and oxygen atoms in total. The monoisotopic (exact) mass is 226 g/mol. The van der Waals surface area contributed by atoms with E-state index in [2.05, 4.69) is 4.74 Å². The fraction of sp³-hybridized carbons (Fsp3) is 0.778. The third kappa shape index (κ3) is 6.93. The number of carbonyl (C=O) groups is 2. The average molecular weight is 226 g/mol. The molecule has 88 valence electrons. The lowest BCUT2D eigenvalue weighted by Crippen LogP contribution is -2.27. The number of halogens is 3. The first-order valence-corrected chi connectivity index (χ1v) is 4.63. The Morgan fingerprint density at radius 3 is 2.27 bits per heavy atom. The molecule has 0 bridgehead atoms. The SMILES string of the molecule is CCCCCC(=O)COC(=O)C(F)(F)F. The highest BCUT2D eigenvalue weighted by molar-refractivity contribution is 5.83. The third-order valence-electron chi connectivity index (χ3n) is 1.65. The van der Waals surface area contributed by atoms with Gasteiger partial charge in [0.1, 0.15) is 6.61 Å². The van der Waals surface area contributed by atoms with E-state index >= 15 is 0 Å². The molecule has 0 fully saturated rings. The number of unbranched alkanes of at least 4 members (excludes halogenated alkanes) is 2. The highest BCUT2D eigenvalue weighted by atomic mass is 19.4. The summed E-state index contributed by atoms with van der Waals surface area (Å²) < 4.78 is 38.6. The van der Waals surface area contributed by atoms with Crippen molar-refractivity contribution in [3.05, 3.63) is 0 Å². The van der Waals surface area contributed by atoms with Crippen molar-refractivity contribution in [2.75, 3.05) is 6.61 Å².